The van der Waals surface area contributed by atoms with Gasteiger partial charge in [-0.2, -0.15) is 0 Å². The second kappa shape index (κ2) is 5.89. The second-order valence-electron chi connectivity index (χ2n) is 5.77. The van der Waals surface area contributed by atoms with Gasteiger partial charge in [0.2, 0.25) is 0 Å². The molecule has 1 fully saturated rings. The summed E-state index contributed by atoms with van der Waals surface area (Å²) in [6.45, 7) is 6.30. The third-order valence-corrected chi connectivity index (χ3v) is 4.38. The zero-order valence-corrected chi connectivity index (χ0v) is 11.9. The highest BCUT2D eigenvalue weighted by molar-refractivity contribution is 5.26. The molecule has 0 spiro atoms. The fraction of sp³-hybridized carbons (Fsp3) is 0.733. The van der Waals surface area contributed by atoms with Gasteiger partial charge < -0.3 is 15.0 Å². The van der Waals surface area contributed by atoms with Crippen molar-refractivity contribution in [3.05, 3.63) is 23.0 Å². The van der Waals surface area contributed by atoms with E-state index in [1.807, 2.05) is 0 Å². The predicted octanol–water partition coefficient (Wildman–Crippen LogP) is 2.28. The lowest BCUT2D eigenvalue weighted by Crippen LogP contribution is -2.29. The van der Waals surface area contributed by atoms with Crippen LogP contribution in [0.1, 0.15) is 42.6 Å². The molecule has 1 heterocycles. The van der Waals surface area contributed by atoms with Crippen molar-refractivity contribution in [3.63, 3.8) is 0 Å². The third kappa shape index (κ3) is 3.15. The summed E-state index contributed by atoms with van der Waals surface area (Å²) < 4.78 is 2.24. The number of rotatable bonds is 4. The van der Waals surface area contributed by atoms with Gasteiger partial charge in [0.1, 0.15) is 0 Å². The van der Waals surface area contributed by atoms with Crippen LogP contribution in [0.4, 0.5) is 0 Å². The largest absolute Gasteiger partial charge is 0.393 e. The number of hydrogen-bond acceptors (Lipinski definition) is 2. The van der Waals surface area contributed by atoms with E-state index in [4.69, 9.17) is 0 Å². The molecule has 1 aromatic rings. The van der Waals surface area contributed by atoms with Crippen LogP contribution in [0.2, 0.25) is 0 Å². The molecule has 0 saturated heterocycles. The van der Waals surface area contributed by atoms with Crippen LogP contribution in [0.15, 0.2) is 6.07 Å². The Morgan fingerprint density at radius 2 is 2.17 bits per heavy atom. The van der Waals surface area contributed by atoms with Gasteiger partial charge in [-0.1, -0.05) is 6.42 Å². The monoisotopic (exact) mass is 250 g/mol. The molecule has 0 bridgehead atoms. The van der Waals surface area contributed by atoms with Gasteiger partial charge in [-0.05, 0) is 57.2 Å². The summed E-state index contributed by atoms with van der Waals surface area (Å²) >= 11 is 0. The zero-order chi connectivity index (χ0) is 13.1. The molecule has 1 aliphatic carbocycles. The van der Waals surface area contributed by atoms with E-state index in [2.05, 4.69) is 36.8 Å². The molecule has 102 valence electrons. The van der Waals surface area contributed by atoms with Crippen molar-refractivity contribution in [2.45, 2.75) is 52.2 Å². The SMILES string of the molecule is Cc1cc(CNCC2CCCC(O)C2)c(C)n1C. The fourth-order valence-corrected chi connectivity index (χ4v) is 2.97. The summed E-state index contributed by atoms with van der Waals surface area (Å²) in [4.78, 5) is 0. The van der Waals surface area contributed by atoms with Crippen molar-refractivity contribution in [1.82, 2.24) is 9.88 Å². The summed E-state index contributed by atoms with van der Waals surface area (Å²) in [6, 6.07) is 2.26. The first-order valence-corrected chi connectivity index (χ1v) is 7.08. The summed E-state index contributed by atoms with van der Waals surface area (Å²) in [5.74, 6) is 0.652. The summed E-state index contributed by atoms with van der Waals surface area (Å²) in [5, 5.41) is 13.2. The van der Waals surface area contributed by atoms with Crippen molar-refractivity contribution in [1.29, 1.82) is 0 Å². The van der Waals surface area contributed by atoms with E-state index < -0.39 is 0 Å². The van der Waals surface area contributed by atoms with Gasteiger partial charge in [0, 0.05) is 25.0 Å². The van der Waals surface area contributed by atoms with Crippen molar-refractivity contribution in [2.24, 2.45) is 13.0 Å². The molecule has 0 amide bonds. The lowest BCUT2D eigenvalue weighted by Gasteiger charge is -2.26. The van der Waals surface area contributed by atoms with Crippen LogP contribution in [-0.4, -0.2) is 22.3 Å². The topological polar surface area (TPSA) is 37.2 Å². The minimum absolute atomic E-state index is 0.0637. The maximum Gasteiger partial charge on any atom is 0.0543 e. The molecule has 2 unspecified atom stereocenters. The number of nitrogens with zero attached hydrogens (tertiary/aromatic N) is 1. The molecule has 3 nitrogen and oxygen atoms in total. The summed E-state index contributed by atoms with van der Waals surface area (Å²) in [5.41, 5.74) is 4.06. The lowest BCUT2D eigenvalue weighted by atomic mass is 9.87. The van der Waals surface area contributed by atoms with Crippen molar-refractivity contribution in [3.8, 4) is 0 Å². The summed E-state index contributed by atoms with van der Waals surface area (Å²) in [7, 11) is 2.12. The Labute approximate surface area is 110 Å². The average Bonchev–Trinajstić information content (AvgIpc) is 2.57. The van der Waals surface area contributed by atoms with Gasteiger partial charge in [-0.25, -0.2) is 0 Å². The van der Waals surface area contributed by atoms with E-state index in [9.17, 15) is 5.11 Å². The average molecular weight is 250 g/mol. The molecular formula is C15H26N2O. The quantitative estimate of drug-likeness (QED) is 0.860. The minimum atomic E-state index is -0.0637. The molecule has 2 rings (SSSR count). The molecule has 18 heavy (non-hydrogen) atoms. The van der Waals surface area contributed by atoms with E-state index in [0.717, 1.165) is 25.9 Å². The first kappa shape index (κ1) is 13.6. The zero-order valence-electron chi connectivity index (χ0n) is 11.9. The molecule has 1 aromatic heterocycles. The van der Waals surface area contributed by atoms with E-state index in [1.54, 1.807) is 0 Å². The Hall–Kier alpha value is -0.800. The van der Waals surface area contributed by atoms with Gasteiger partial charge in [0.25, 0.3) is 0 Å². The van der Waals surface area contributed by atoms with Crippen molar-refractivity contribution < 1.29 is 5.11 Å². The van der Waals surface area contributed by atoms with E-state index in [1.165, 1.54) is 29.8 Å². The summed E-state index contributed by atoms with van der Waals surface area (Å²) in [6.07, 6.45) is 4.34. The standard InChI is InChI=1S/C15H26N2O/c1-11-7-14(12(2)17(11)3)10-16-9-13-5-4-6-15(18)8-13/h7,13,15-16,18H,4-6,8-10H2,1-3H3. The Balaban J connectivity index is 1.79. The molecule has 1 aliphatic rings. The van der Waals surface area contributed by atoms with Gasteiger partial charge in [0.05, 0.1) is 6.10 Å². The van der Waals surface area contributed by atoms with Gasteiger partial charge in [-0.3, -0.25) is 0 Å². The molecule has 0 aliphatic heterocycles. The Bertz CT molecular complexity index is 397. The van der Waals surface area contributed by atoms with Crippen LogP contribution in [0.5, 0.6) is 0 Å². The normalized spacial score (nSPS) is 24.4. The van der Waals surface area contributed by atoms with Gasteiger partial charge in [0.15, 0.2) is 0 Å². The van der Waals surface area contributed by atoms with Crippen molar-refractivity contribution >= 4 is 0 Å². The van der Waals surface area contributed by atoms with Gasteiger partial charge in [-0.15, -0.1) is 0 Å². The highest BCUT2D eigenvalue weighted by Crippen LogP contribution is 2.23. The number of hydrogen-bond donors (Lipinski definition) is 2. The molecule has 1 saturated carbocycles. The van der Waals surface area contributed by atoms with E-state index in [0.29, 0.717) is 5.92 Å². The molecule has 3 heteroatoms. The highest BCUT2D eigenvalue weighted by Gasteiger charge is 2.19. The molecule has 0 aromatic carbocycles. The lowest BCUT2D eigenvalue weighted by molar-refractivity contribution is 0.101. The fourth-order valence-electron chi connectivity index (χ4n) is 2.97. The first-order valence-electron chi connectivity index (χ1n) is 7.08. The van der Waals surface area contributed by atoms with E-state index in [-0.39, 0.29) is 6.10 Å². The maximum absolute atomic E-state index is 9.65. The number of nitrogens with one attached hydrogen (secondary N) is 1. The van der Waals surface area contributed by atoms with Crippen LogP contribution >= 0.6 is 0 Å². The Morgan fingerprint density at radius 3 is 2.78 bits per heavy atom. The number of aliphatic hydroxyl groups excluding tert-OH is 1. The van der Waals surface area contributed by atoms with Gasteiger partial charge >= 0.3 is 0 Å². The smallest absolute Gasteiger partial charge is 0.0543 e. The Kier molecular flexibility index (Phi) is 4.46. The maximum atomic E-state index is 9.65. The first-order chi connectivity index (χ1) is 8.58. The van der Waals surface area contributed by atoms with Crippen molar-refractivity contribution in [2.75, 3.05) is 6.54 Å². The van der Waals surface area contributed by atoms with Crippen LogP contribution in [0, 0.1) is 19.8 Å². The predicted molar refractivity (Wildman–Crippen MR) is 74.6 cm³/mol. The highest BCUT2D eigenvalue weighted by atomic mass is 16.3. The molecule has 2 N–H and O–H groups in total. The van der Waals surface area contributed by atoms with Crippen LogP contribution in [0.3, 0.4) is 0 Å². The molecule has 2 atom stereocenters. The van der Waals surface area contributed by atoms with Crippen LogP contribution < -0.4 is 5.32 Å². The second-order valence-corrected chi connectivity index (χ2v) is 5.77. The number of aliphatic hydroxyl groups is 1. The Morgan fingerprint density at radius 1 is 1.39 bits per heavy atom. The molecule has 0 radical (unpaired) electrons. The van der Waals surface area contributed by atoms with Crippen LogP contribution in [-0.2, 0) is 13.6 Å². The van der Waals surface area contributed by atoms with Crippen LogP contribution in [0.25, 0.3) is 0 Å². The number of aromatic nitrogens is 1. The third-order valence-electron chi connectivity index (χ3n) is 4.38. The van der Waals surface area contributed by atoms with E-state index >= 15 is 0 Å². The molecular weight excluding hydrogens is 224 g/mol. The minimum Gasteiger partial charge on any atom is -0.393 e. The number of aryl methyl sites for hydroxylation is 1.